The zero-order valence-corrected chi connectivity index (χ0v) is 11.0. The molecule has 1 aromatic carbocycles. The molecule has 2 aromatic rings. The van der Waals surface area contributed by atoms with Crippen molar-refractivity contribution < 1.29 is 0 Å². The monoisotopic (exact) mass is 243 g/mol. The molecule has 1 aromatic heterocycles. The van der Waals surface area contributed by atoms with Crippen molar-refractivity contribution in [2.75, 3.05) is 0 Å². The molecule has 1 aliphatic rings. The first-order valence-corrected chi connectivity index (χ1v) is 7.00. The van der Waals surface area contributed by atoms with Crippen LogP contribution in [0.2, 0.25) is 0 Å². The second-order valence-electron chi connectivity index (χ2n) is 5.41. The summed E-state index contributed by atoms with van der Waals surface area (Å²) >= 11 is 0. The quantitative estimate of drug-likeness (QED) is 0.876. The lowest BCUT2D eigenvalue weighted by Gasteiger charge is -2.26. The zero-order chi connectivity index (χ0) is 12.5. The fourth-order valence-corrected chi connectivity index (χ4v) is 3.11. The summed E-state index contributed by atoms with van der Waals surface area (Å²) in [4.78, 5) is 4.73. The molecule has 2 N–H and O–H groups in total. The number of nitrogens with zero attached hydrogens (tertiary/aromatic N) is 2. The second-order valence-corrected chi connectivity index (χ2v) is 5.41. The molecule has 0 spiro atoms. The van der Waals surface area contributed by atoms with Crippen LogP contribution >= 0.6 is 0 Å². The summed E-state index contributed by atoms with van der Waals surface area (Å²) in [5.74, 6) is 1.04. The summed E-state index contributed by atoms with van der Waals surface area (Å²) < 4.78 is 2.40. The van der Waals surface area contributed by atoms with E-state index in [1.165, 1.54) is 37.6 Å². The van der Waals surface area contributed by atoms with E-state index in [0.29, 0.717) is 6.04 Å². The van der Waals surface area contributed by atoms with Crippen LogP contribution in [0.5, 0.6) is 0 Å². The molecule has 0 saturated heterocycles. The van der Waals surface area contributed by atoms with Crippen molar-refractivity contribution >= 4 is 11.0 Å². The van der Waals surface area contributed by atoms with E-state index in [1.54, 1.807) is 0 Å². The Morgan fingerprint density at radius 3 is 2.67 bits per heavy atom. The molecule has 0 amide bonds. The maximum absolute atomic E-state index is 6.10. The molecule has 1 saturated carbocycles. The highest BCUT2D eigenvalue weighted by Crippen LogP contribution is 2.33. The first-order chi connectivity index (χ1) is 8.77. The van der Waals surface area contributed by atoms with E-state index in [4.69, 9.17) is 10.7 Å². The molecule has 3 rings (SSSR count). The smallest absolute Gasteiger partial charge is 0.126 e. The van der Waals surface area contributed by atoms with E-state index >= 15 is 0 Å². The first kappa shape index (κ1) is 11.7. The maximum atomic E-state index is 6.10. The highest BCUT2D eigenvalue weighted by molar-refractivity contribution is 5.76. The fourth-order valence-electron chi connectivity index (χ4n) is 3.11. The number of imidazole rings is 1. The van der Waals surface area contributed by atoms with Crippen LogP contribution < -0.4 is 5.73 Å². The van der Waals surface area contributed by atoms with Gasteiger partial charge in [-0.3, -0.25) is 0 Å². The van der Waals surface area contributed by atoms with Crippen molar-refractivity contribution in [2.24, 2.45) is 5.73 Å². The number of para-hydroxylation sites is 2. The third-order valence-corrected chi connectivity index (χ3v) is 3.97. The molecule has 0 aliphatic heterocycles. The van der Waals surface area contributed by atoms with Crippen LogP contribution in [0.1, 0.15) is 56.9 Å². The largest absolute Gasteiger partial charge is 0.324 e. The Kier molecular flexibility index (Phi) is 3.08. The topological polar surface area (TPSA) is 43.8 Å². The van der Waals surface area contributed by atoms with E-state index in [9.17, 15) is 0 Å². The Morgan fingerprint density at radius 2 is 1.94 bits per heavy atom. The number of fused-ring (bicyclic) bond motifs is 1. The van der Waals surface area contributed by atoms with E-state index in [-0.39, 0.29) is 6.04 Å². The molecule has 1 fully saturated rings. The third-order valence-electron chi connectivity index (χ3n) is 3.97. The van der Waals surface area contributed by atoms with E-state index in [2.05, 4.69) is 22.8 Å². The number of aromatic nitrogens is 2. The third kappa shape index (κ3) is 1.93. The van der Waals surface area contributed by atoms with Gasteiger partial charge in [0.05, 0.1) is 17.1 Å². The molecule has 0 radical (unpaired) electrons. The lowest BCUT2D eigenvalue weighted by molar-refractivity contribution is 0.348. The molecule has 0 bridgehead atoms. The Bertz CT molecular complexity index is 536. The van der Waals surface area contributed by atoms with Crippen molar-refractivity contribution in [3.8, 4) is 0 Å². The van der Waals surface area contributed by atoms with Gasteiger partial charge in [-0.15, -0.1) is 0 Å². The highest BCUT2D eigenvalue weighted by Gasteiger charge is 2.22. The van der Waals surface area contributed by atoms with Gasteiger partial charge in [-0.05, 0) is 31.9 Å². The Hall–Kier alpha value is -1.35. The lowest BCUT2D eigenvalue weighted by Crippen LogP contribution is -2.19. The van der Waals surface area contributed by atoms with Gasteiger partial charge in [-0.2, -0.15) is 0 Å². The minimum atomic E-state index is -0.000624. The summed E-state index contributed by atoms with van der Waals surface area (Å²) in [6.45, 7) is 2.03. The van der Waals surface area contributed by atoms with Gasteiger partial charge >= 0.3 is 0 Å². The Balaban J connectivity index is 2.14. The molecule has 1 heterocycles. The lowest BCUT2D eigenvalue weighted by atomic mass is 9.95. The molecule has 1 aliphatic carbocycles. The Labute approximate surface area is 108 Å². The van der Waals surface area contributed by atoms with Gasteiger partial charge < -0.3 is 10.3 Å². The zero-order valence-electron chi connectivity index (χ0n) is 11.0. The highest BCUT2D eigenvalue weighted by atomic mass is 15.1. The predicted molar refractivity (Wildman–Crippen MR) is 74.5 cm³/mol. The molecular weight excluding hydrogens is 222 g/mol. The summed E-state index contributed by atoms with van der Waals surface area (Å²) in [5, 5.41) is 0. The van der Waals surface area contributed by atoms with Gasteiger partial charge in [0.1, 0.15) is 5.82 Å². The van der Waals surface area contributed by atoms with Gasteiger partial charge in [0.25, 0.3) is 0 Å². The van der Waals surface area contributed by atoms with Crippen molar-refractivity contribution in [1.82, 2.24) is 9.55 Å². The van der Waals surface area contributed by atoms with Crippen LogP contribution in [0.3, 0.4) is 0 Å². The van der Waals surface area contributed by atoms with Gasteiger partial charge in [-0.1, -0.05) is 31.4 Å². The van der Waals surface area contributed by atoms with Crippen LogP contribution in [0.4, 0.5) is 0 Å². The Morgan fingerprint density at radius 1 is 1.22 bits per heavy atom. The van der Waals surface area contributed by atoms with Gasteiger partial charge in [0, 0.05) is 6.04 Å². The van der Waals surface area contributed by atoms with Gasteiger partial charge in [0.15, 0.2) is 0 Å². The van der Waals surface area contributed by atoms with Crippen LogP contribution in [0.15, 0.2) is 24.3 Å². The molecule has 96 valence electrons. The van der Waals surface area contributed by atoms with Crippen LogP contribution in [0.25, 0.3) is 11.0 Å². The summed E-state index contributed by atoms with van der Waals surface area (Å²) in [5.41, 5.74) is 8.43. The van der Waals surface area contributed by atoms with Crippen molar-refractivity contribution in [3.05, 3.63) is 30.1 Å². The van der Waals surface area contributed by atoms with Crippen LogP contribution in [-0.4, -0.2) is 9.55 Å². The minimum Gasteiger partial charge on any atom is -0.324 e. The second kappa shape index (κ2) is 4.73. The number of nitrogens with two attached hydrogens (primary N) is 1. The number of rotatable bonds is 2. The van der Waals surface area contributed by atoms with Gasteiger partial charge in [0.2, 0.25) is 0 Å². The molecule has 1 unspecified atom stereocenters. The summed E-state index contributed by atoms with van der Waals surface area (Å²) in [7, 11) is 0. The van der Waals surface area contributed by atoms with Crippen molar-refractivity contribution in [3.63, 3.8) is 0 Å². The summed E-state index contributed by atoms with van der Waals surface area (Å²) in [6, 6.07) is 8.98. The van der Waals surface area contributed by atoms with E-state index in [0.717, 1.165) is 11.3 Å². The molecular formula is C15H21N3. The molecule has 1 atom stereocenters. The van der Waals surface area contributed by atoms with Crippen LogP contribution in [-0.2, 0) is 0 Å². The van der Waals surface area contributed by atoms with Crippen molar-refractivity contribution in [1.29, 1.82) is 0 Å². The average molecular weight is 243 g/mol. The normalized spacial score (nSPS) is 19.2. The fraction of sp³-hybridized carbons (Fsp3) is 0.533. The van der Waals surface area contributed by atoms with Crippen molar-refractivity contribution in [2.45, 2.75) is 51.1 Å². The summed E-state index contributed by atoms with van der Waals surface area (Å²) in [6.07, 6.45) is 6.56. The predicted octanol–water partition coefficient (Wildman–Crippen LogP) is 3.56. The number of benzene rings is 1. The molecule has 3 heteroatoms. The molecule has 18 heavy (non-hydrogen) atoms. The van der Waals surface area contributed by atoms with Crippen LogP contribution in [0, 0.1) is 0 Å². The number of hydrogen-bond acceptors (Lipinski definition) is 2. The standard InChI is InChI=1S/C15H21N3/c1-11(16)15-17-13-9-5-6-10-14(13)18(15)12-7-3-2-4-8-12/h5-6,9-12H,2-4,7-8,16H2,1H3. The number of hydrogen-bond donors (Lipinski definition) is 1. The van der Waals surface area contributed by atoms with E-state index in [1.807, 2.05) is 13.0 Å². The maximum Gasteiger partial charge on any atom is 0.126 e. The first-order valence-electron chi connectivity index (χ1n) is 7.00. The SMILES string of the molecule is CC(N)c1nc2ccccc2n1C1CCCCC1. The molecule has 3 nitrogen and oxygen atoms in total. The van der Waals surface area contributed by atoms with E-state index < -0.39 is 0 Å². The minimum absolute atomic E-state index is 0.000624. The average Bonchev–Trinajstić information content (AvgIpc) is 2.79. The van der Waals surface area contributed by atoms with Gasteiger partial charge in [-0.25, -0.2) is 4.98 Å².